The lowest BCUT2D eigenvalue weighted by Gasteiger charge is -2.23. The van der Waals surface area contributed by atoms with Gasteiger partial charge in [0, 0.05) is 11.1 Å². The van der Waals surface area contributed by atoms with Gasteiger partial charge in [0.2, 0.25) is 0 Å². The molecule has 1 N–H and O–H groups in total. The number of hydrogen-bond acceptors (Lipinski definition) is 1. The van der Waals surface area contributed by atoms with Crippen LogP contribution >= 0.6 is 11.6 Å². The minimum absolute atomic E-state index is 0.488. The van der Waals surface area contributed by atoms with Crippen LogP contribution in [0, 0.1) is 29.6 Å². The van der Waals surface area contributed by atoms with Crippen LogP contribution in [-0.2, 0) is 0 Å². The molecule has 0 saturated heterocycles. The first kappa shape index (κ1) is 13.2. The first-order chi connectivity index (χ1) is 9.81. The van der Waals surface area contributed by atoms with Crippen LogP contribution in [0.25, 0.3) is 0 Å². The predicted octanol–water partition coefficient (Wildman–Crippen LogP) is 4.67. The molecule has 0 aromatic heterocycles. The molecule has 3 aliphatic rings. The lowest BCUT2D eigenvalue weighted by molar-refractivity contribution is 0.370. The molecule has 0 heterocycles. The van der Waals surface area contributed by atoms with Gasteiger partial charge in [-0.05, 0) is 73.4 Å². The number of nitrogens with one attached hydrogen (secondary N) is 1. The molecule has 2 heteroatoms. The van der Waals surface area contributed by atoms with Crippen molar-refractivity contribution in [2.75, 3.05) is 6.54 Å². The average Bonchev–Trinajstić information content (AvgIpc) is 2.88. The molecule has 5 atom stereocenters. The molecule has 4 rings (SSSR count). The minimum atomic E-state index is 0.488. The van der Waals surface area contributed by atoms with E-state index in [2.05, 4.69) is 24.4 Å². The fourth-order valence-electron chi connectivity index (χ4n) is 5.32. The number of hydrogen-bond donors (Lipinski definition) is 1. The summed E-state index contributed by atoms with van der Waals surface area (Å²) in [6.07, 6.45) is 5.70. The van der Waals surface area contributed by atoms with Crippen LogP contribution in [0.4, 0.5) is 0 Å². The Morgan fingerprint density at radius 2 is 1.90 bits per heavy atom. The number of rotatable bonds is 5. The van der Waals surface area contributed by atoms with Crippen LogP contribution in [0.2, 0.25) is 5.02 Å². The van der Waals surface area contributed by atoms with Crippen LogP contribution in [0.15, 0.2) is 24.3 Å². The standard InChI is InChI=1S/C18H24ClN/c1-2-9-20-18(13-5-3-4-6-14(13)19)17-15-11-7-8-12(10-11)16(15)17/h3-6,11-12,15-18,20H,2,7-10H2,1H3. The lowest BCUT2D eigenvalue weighted by Crippen LogP contribution is -2.26. The quantitative estimate of drug-likeness (QED) is 0.830. The molecule has 1 nitrogen and oxygen atoms in total. The average molecular weight is 290 g/mol. The third kappa shape index (κ3) is 1.94. The largest absolute Gasteiger partial charge is 0.310 e. The van der Waals surface area contributed by atoms with Gasteiger partial charge in [-0.25, -0.2) is 0 Å². The fraction of sp³-hybridized carbons (Fsp3) is 0.667. The summed E-state index contributed by atoms with van der Waals surface area (Å²) in [7, 11) is 0. The van der Waals surface area contributed by atoms with E-state index in [-0.39, 0.29) is 0 Å². The molecule has 3 saturated carbocycles. The summed E-state index contributed by atoms with van der Waals surface area (Å²) in [6.45, 7) is 3.34. The first-order valence-electron chi connectivity index (χ1n) is 8.29. The minimum Gasteiger partial charge on any atom is -0.310 e. The molecule has 1 aromatic carbocycles. The summed E-state index contributed by atoms with van der Waals surface area (Å²) in [4.78, 5) is 0. The summed E-state index contributed by atoms with van der Waals surface area (Å²) in [5, 5.41) is 4.74. The van der Waals surface area contributed by atoms with Gasteiger partial charge in [0.25, 0.3) is 0 Å². The molecule has 108 valence electrons. The Balaban J connectivity index is 1.59. The van der Waals surface area contributed by atoms with Crippen LogP contribution in [0.1, 0.15) is 44.2 Å². The Kier molecular flexibility index (Phi) is 3.31. The normalized spacial score (nSPS) is 38.8. The molecule has 1 aromatic rings. The summed E-state index contributed by atoms with van der Waals surface area (Å²) in [5.74, 6) is 4.92. The predicted molar refractivity (Wildman–Crippen MR) is 83.8 cm³/mol. The van der Waals surface area contributed by atoms with Gasteiger partial charge < -0.3 is 5.32 Å². The summed E-state index contributed by atoms with van der Waals surface area (Å²) >= 11 is 6.47. The van der Waals surface area contributed by atoms with E-state index in [0.29, 0.717) is 6.04 Å². The Morgan fingerprint density at radius 3 is 2.55 bits per heavy atom. The van der Waals surface area contributed by atoms with Crippen LogP contribution in [0.3, 0.4) is 0 Å². The lowest BCUT2D eigenvalue weighted by atomic mass is 9.93. The van der Waals surface area contributed by atoms with Gasteiger partial charge in [0.15, 0.2) is 0 Å². The molecule has 20 heavy (non-hydrogen) atoms. The van der Waals surface area contributed by atoms with Crippen molar-refractivity contribution in [3.05, 3.63) is 34.9 Å². The van der Waals surface area contributed by atoms with Crippen molar-refractivity contribution in [3.8, 4) is 0 Å². The number of fused-ring (bicyclic) bond motifs is 5. The zero-order chi connectivity index (χ0) is 13.7. The Morgan fingerprint density at radius 1 is 1.20 bits per heavy atom. The fourth-order valence-corrected chi connectivity index (χ4v) is 5.57. The van der Waals surface area contributed by atoms with E-state index in [1.54, 1.807) is 0 Å². The zero-order valence-electron chi connectivity index (χ0n) is 12.2. The summed E-state index contributed by atoms with van der Waals surface area (Å²) in [5.41, 5.74) is 1.33. The van der Waals surface area contributed by atoms with Gasteiger partial charge in [-0.1, -0.05) is 36.7 Å². The highest BCUT2D eigenvalue weighted by Gasteiger charge is 2.66. The van der Waals surface area contributed by atoms with Gasteiger partial charge in [0.1, 0.15) is 0 Å². The molecule has 0 radical (unpaired) electrons. The first-order valence-corrected chi connectivity index (χ1v) is 8.67. The van der Waals surface area contributed by atoms with E-state index in [4.69, 9.17) is 11.6 Å². The van der Waals surface area contributed by atoms with Crippen molar-refractivity contribution in [1.82, 2.24) is 5.32 Å². The van der Waals surface area contributed by atoms with Gasteiger partial charge in [-0.15, -0.1) is 0 Å². The van der Waals surface area contributed by atoms with Crippen molar-refractivity contribution < 1.29 is 0 Å². The second-order valence-corrected chi connectivity index (χ2v) is 7.43. The number of benzene rings is 1. The highest BCUT2D eigenvalue weighted by Crippen LogP contribution is 2.72. The molecule has 3 aliphatic carbocycles. The Hall–Kier alpha value is -0.530. The molecule has 0 amide bonds. The van der Waals surface area contributed by atoms with Crippen molar-refractivity contribution in [3.63, 3.8) is 0 Å². The molecule has 5 unspecified atom stereocenters. The van der Waals surface area contributed by atoms with Gasteiger partial charge >= 0.3 is 0 Å². The second-order valence-electron chi connectivity index (χ2n) is 7.02. The highest BCUT2D eigenvalue weighted by molar-refractivity contribution is 6.31. The monoisotopic (exact) mass is 289 g/mol. The van der Waals surface area contributed by atoms with Gasteiger partial charge in [-0.3, -0.25) is 0 Å². The Labute approximate surface area is 127 Å². The molecule has 2 bridgehead atoms. The highest BCUT2D eigenvalue weighted by atomic mass is 35.5. The topological polar surface area (TPSA) is 12.0 Å². The Bertz CT molecular complexity index is 484. The number of halogens is 1. The summed E-state index contributed by atoms with van der Waals surface area (Å²) < 4.78 is 0. The maximum atomic E-state index is 6.47. The van der Waals surface area contributed by atoms with E-state index in [1.807, 2.05) is 12.1 Å². The van der Waals surface area contributed by atoms with E-state index in [1.165, 1.54) is 31.2 Å². The summed E-state index contributed by atoms with van der Waals surface area (Å²) in [6, 6.07) is 8.94. The van der Waals surface area contributed by atoms with Crippen molar-refractivity contribution in [2.24, 2.45) is 29.6 Å². The van der Waals surface area contributed by atoms with Crippen molar-refractivity contribution >= 4 is 11.6 Å². The maximum absolute atomic E-state index is 6.47. The molecule has 0 aliphatic heterocycles. The van der Waals surface area contributed by atoms with E-state index >= 15 is 0 Å². The van der Waals surface area contributed by atoms with E-state index in [9.17, 15) is 0 Å². The van der Waals surface area contributed by atoms with Crippen molar-refractivity contribution in [2.45, 2.75) is 38.6 Å². The van der Waals surface area contributed by atoms with Gasteiger partial charge in [-0.2, -0.15) is 0 Å². The third-order valence-electron chi connectivity index (χ3n) is 6.03. The maximum Gasteiger partial charge on any atom is 0.0453 e. The van der Waals surface area contributed by atoms with E-state index < -0.39 is 0 Å². The van der Waals surface area contributed by atoms with Crippen LogP contribution in [-0.4, -0.2) is 6.54 Å². The van der Waals surface area contributed by atoms with E-state index in [0.717, 1.165) is 41.2 Å². The molecular formula is C18H24ClN. The van der Waals surface area contributed by atoms with Crippen LogP contribution < -0.4 is 5.32 Å². The molecule has 3 fully saturated rings. The zero-order valence-corrected chi connectivity index (χ0v) is 12.9. The van der Waals surface area contributed by atoms with Crippen molar-refractivity contribution in [1.29, 1.82) is 0 Å². The molecule has 0 spiro atoms. The molecular weight excluding hydrogens is 266 g/mol. The second kappa shape index (κ2) is 5.03. The SMILES string of the molecule is CCCNC(c1ccccc1Cl)C1C2C3CCC(C3)C21. The third-order valence-corrected chi connectivity index (χ3v) is 6.38. The van der Waals surface area contributed by atoms with Gasteiger partial charge in [0.05, 0.1) is 0 Å². The smallest absolute Gasteiger partial charge is 0.0453 e. The van der Waals surface area contributed by atoms with Crippen LogP contribution in [0.5, 0.6) is 0 Å².